The number of rotatable bonds is 6. The standard InChI is InChI=1S/C14H22FN3O2S/c1-11-9-12(5-6-13(11)21(3,19)20)10-18-14(16-2)17-8-4-7-15/h5-6,9H,4,7-8,10H2,1-3H3,(H2,16,17,18). The molecule has 0 atom stereocenters. The number of guanidine groups is 1. The van der Waals surface area contributed by atoms with Gasteiger partial charge in [-0.25, -0.2) is 8.42 Å². The summed E-state index contributed by atoms with van der Waals surface area (Å²) in [7, 11) is -1.55. The molecule has 1 aromatic rings. The summed E-state index contributed by atoms with van der Waals surface area (Å²) in [6.07, 6.45) is 1.63. The second kappa shape index (κ2) is 7.97. The summed E-state index contributed by atoms with van der Waals surface area (Å²) in [4.78, 5) is 4.37. The molecule has 0 aliphatic carbocycles. The van der Waals surface area contributed by atoms with Crippen LogP contribution in [0.15, 0.2) is 28.1 Å². The Kier molecular flexibility index (Phi) is 6.61. The van der Waals surface area contributed by atoms with Gasteiger partial charge in [-0.05, 0) is 30.5 Å². The third kappa shape index (κ3) is 5.71. The zero-order valence-electron chi connectivity index (χ0n) is 12.6. The monoisotopic (exact) mass is 315 g/mol. The first kappa shape index (κ1) is 17.4. The number of nitrogens with one attached hydrogen (secondary N) is 2. The van der Waals surface area contributed by atoms with Gasteiger partial charge in [-0.3, -0.25) is 9.38 Å². The number of aryl methyl sites for hydroxylation is 1. The molecule has 0 bridgehead atoms. The molecule has 0 saturated heterocycles. The highest BCUT2D eigenvalue weighted by atomic mass is 32.2. The zero-order chi connectivity index (χ0) is 15.9. The van der Waals surface area contributed by atoms with Crippen molar-refractivity contribution in [2.24, 2.45) is 4.99 Å². The average Bonchev–Trinajstić information content (AvgIpc) is 2.41. The van der Waals surface area contributed by atoms with E-state index in [-0.39, 0.29) is 6.67 Å². The average molecular weight is 315 g/mol. The van der Waals surface area contributed by atoms with Gasteiger partial charge in [-0.1, -0.05) is 12.1 Å². The molecule has 21 heavy (non-hydrogen) atoms. The number of hydrogen-bond acceptors (Lipinski definition) is 3. The third-order valence-corrected chi connectivity index (χ3v) is 4.18. The van der Waals surface area contributed by atoms with Crippen molar-refractivity contribution in [3.63, 3.8) is 0 Å². The molecule has 0 saturated carbocycles. The van der Waals surface area contributed by atoms with Crippen LogP contribution in [-0.4, -0.2) is 40.9 Å². The summed E-state index contributed by atoms with van der Waals surface area (Å²) >= 11 is 0. The van der Waals surface area contributed by atoms with Crippen molar-refractivity contribution in [3.8, 4) is 0 Å². The lowest BCUT2D eigenvalue weighted by molar-refractivity contribution is 0.470. The van der Waals surface area contributed by atoms with E-state index in [1.54, 1.807) is 26.1 Å². The second-order valence-corrected chi connectivity index (χ2v) is 6.75. The van der Waals surface area contributed by atoms with Gasteiger partial charge in [0, 0.05) is 26.4 Å². The van der Waals surface area contributed by atoms with E-state index in [9.17, 15) is 12.8 Å². The van der Waals surface area contributed by atoms with Gasteiger partial charge < -0.3 is 10.6 Å². The lowest BCUT2D eigenvalue weighted by Crippen LogP contribution is -2.37. The van der Waals surface area contributed by atoms with Gasteiger partial charge in [0.2, 0.25) is 0 Å². The van der Waals surface area contributed by atoms with Crippen LogP contribution in [0.5, 0.6) is 0 Å². The smallest absolute Gasteiger partial charge is 0.191 e. The molecule has 0 heterocycles. The molecule has 0 aliphatic rings. The number of alkyl halides is 1. The van der Waals surface area contributed by atoms with Crippen molar-refractivity contribution in [1.29, 1.82) is 0 Å². The molecule has 7 heteroatoms. The fourth-order valence-corrected chi connectivity index (χ4v) is 2.88. The zero-order valence-corrected chi connectivity index (χ0v) is 13.4. The lowest BCUT2D eigenvalue weighted by Gasteiger charge is -2.12. The Bertz CT molecular complexity index is 600. The number of hydrogen-bond donors (Lipinski definition) is 2. The number of aliphatic imine (C=N–C) groups is 1. The first-order chi connectivity index (χ1) is 9.88. The van der Waals surface area contributed by atoms with E-state index < -0.39 is 9.84 Å². The number of sulfone groups is 1. The molecule has 0 fully saturated rings. The first-order valence-electron chi connectivity index (χ1n) is 6.68. The second-order valence-electron chi connectivity index (χ2n) is 4.77. The molecule has 2 N–H and O–H groups in total. The van der Waals surface area contributed by atoms with Crippen LogP contribution in [0.25, 0.3) is 0 Å². The van der Waals surface area contributed by atoms with Crippen LogP contribution >= 0.6 is 0 Å². The van der Waals surface area contributed by atoms with Crippen LogP contribution in [0.1, 0.15) is 17.5 Å². The van der Waals surface area contributed by atoms with Crippen molar-refractivity contribution in [1.82, 2.24) is 10.6 Å². The fraction of sp³-hybridized carbons (Fsp3) is 0.500. The van der Waals surface area contributed by atoms with Crippen molar-refractivity contribution in [3.05, 3.63) is 29.3 Å². The highest BCUT2D eigenvalue weighted by Crippen LogP contribution is 2.16. The van der Waals surface area contributed by atoms with Crippen molar-refractivity contribution < 1.29 is 12.8 Å². The molecule has 1 rings (SSSR count). The third-order valence-electron chi connectivity index (χ3n) is 2.93. The number of benzene rings is 1. The Morgan fingerprint density at radius 3 is 2.57 bits per heavy atom. The topological polar surface area (TPSA) is 70.6 Å². The molecule has 118 valence electrons. The van der Waals surface area contributed by atoms with Gasteiger partial charge in [-0.2, -0.15) is 0 Å². The maximum absolute atomic E-state index is 12.0. The highest BCUT2D eigenvalue weighted by Gasteiger charge is 2.10. The molecule has 5 nitrogen and oxygen atoms in total. The van der Waals surface area contributed by atoms with E-state index in [1.165, 1.54) is 6.26 Å². The van der Waals surface area contributed by atoms with Gasteiger partial charge >= 0.3 is 0 Å². The molecular formula is C14H22FN3O2S. The highest BCUT2D eigenvalue weighted by molar-refractivity contribution is 7.90. The SMILES string of the molecule is CN=C(NCCCF)NCc1ccc(S(C)(=O)=O)c(C)c1. The van der Waals surface area contributed by atoms with E-state index >= 15 is 0 Å². The quantitative estimate of drug-likeness (QED) is 0.473. The minimum atomic E-state index is -3.19. The molecule has 0 radical (unpaired) electrons. The van der Waals surface area contributed by atoms with E-state index in [1.807, 2.05) is 6.07 Å². The van der Waals surface area contributed by atoms with Crippen LogP contribution < -0.4 is 10.6 Å². The van der Waals surface area contributed by atoms with Crippen LogP contribution in [0.2, 0.25) is 0 Å². The summed E-state index contributed by atoms with van der Waals surface area (Å²) in [5.74, 6) is 0.591. The summed E-state index contributed by atoms with van der Waals surface area (Å²) in [6.45, 7) is 2.44. The Morgan fingerprint density at radius 2 is 2.05 bits per heavy atom. The first-order valence-corrected chi connectivity index (χ1v) is 8.57. The van der Waals surface area contributed by atoms with Gasteiger partial charge in [-0.15, -0.1) is 0 Å². The van der Waals surface area contributed by atoms with Crippen molar-refractivity contribution >= 4 is 15.8 Å². The fourth-order valence-electron chi connectivity index (χ4n) is 1.92. The van der Waals surface area contributed by atoms with Gasteiger partial charge in [0.15, 0.2) is 15.8 Å². The van der Waals surface area contributed by atoms with Crippen LogP contribution in [0.3, 0.4) is 0 Å². The summed E-state index contributed by atoms with van der Waals surface area (Å²) < 4.78 is 35.1. The predicted octanol–water partition coefficient (Wildman–Crippen LogP) is 1.42. The van der Waals surface area contributed by atoms with E-state index in [0.29, 0.717) is 30.4 Å². The lowest BCUT2D eigenvalue weighted by atomic mass is 10.1. The Morgan fingerprint density at radius 1 is 1.33 bits per heavy atom. The van der Waals surface area contributed by atoms with Crippen LogP contribution in [0, 0.1) is 6.92 Å². The Balaban J connectivity index is 2.66. The van der Waals surface area contributed by atoms with Gasteiger partial charge in [0.25, 0.3) is 0 Å². The van der Waals surface area contributed by atoms with Crippen LogP contribution in [0.4, 0.5) is 4.39 Å². The molecular weight excluding hydrogens is 293 g/mol. The van der Waals surface area contributed by atoms with E-state index in [0.717, 1.165) is 11.1 Å². The maximum atomic E-state index is 12.0. The van der Waals surface area contributed by atoms with Crippen molar-refractivity contribution in [2.75, 3.05) is 26.5 Å². The van der Waals surface area contributed by atoms with Gasteiger partial charge in [0.1, 0.15) is 0 Å². The van der Waals surface area contributed by atoms with Crippen LogP contribution in [-0.2, 0) is 16.4 Å². The molecule has 0 aromatic heterocycles. The minimum Gasteiger partial charge on any atom is -0.356 e. The molecule has 0 spiro atoms. The maximum Gasteiger partial charge on any atom is 0.191 e. The Hall–Kier alpha value is -1.63. The molecule has 0 aliphatic heterocycles. The van der Waals surface area contributed by atoms with E-state index in [2.05, 4.69) is 15.6 Å². The Labute approximate surface area is 125 Å². The van der Waals surface area contributed by atoms with Crippen molar-refractivity contribution in [2.45, 2.75) is 24.8 Å². The summed E-state index contributed by atoms with van der Waals surface area (Å²) in [5, 5.41) is 6.09. The largest absolute Gasteiger partial charge is 0.356 e. The number of nitrogens with zero attached hydrogens (tertiary/aromatic N) is 1. The van der Waals surface area contributed by atoms with E-state index in [4.69, 9.17) is 0 Å². The number of halogens is 1. The molecule has 0 unspecified atom stereocenters. The normalized spacial score (nSPS) is 12.3. The molecule has 0 amide bonds. The van der Waals surface area contributed by atoms with Gasteiger partial charge in [0.05, 0.1) is 11.6 Å². The predicted molar refractivity (Wildman–Crippen MR) is 83.1 cm³/mol. The molecule has 1 aromatic carbocycles. The summed E-state index contributed by atoms with van der Waals surface area (Å²) in [6, 6.07) is 5.21. The summed E-state index contributed by atoms with van der Waals surface area (Å²) in [5.41, 5.74) is 1.67. The minimum absolute atomic E-state index is 0.344.